The molecule has 1 aromatic carbocycles. The summed E-state index contributed by atoms with van der Waals surface area (Å²) in [6.07, 6.45) is -4.11. The van der Waals surface area contributed by atoms with E-state index in [1.165, 1.54) is 5.80 Å². The van der Waals surface area contributed by atoms with Crippen LogP contribution in [-0.2, 0) is 10.9 Å². The molecule has 88 valence electrons. The molecular formula is C10H10F3O2P. The second-order valence-electron chi connectivity index (χ2n) is 3.05. The number of alkyl halides is 3. The number of hydrogen-bond donors (Lipinski definition) is 0. The first-order valence-corrected chi connectivity index (χ1v) is 5.75. The smallest absolute Gasteiger partial charge is 0.416 e. The van der Waals surface area contributed by atoms with Crippen LogP contribution in [0.15, 0.2) is 30.3 Å². The molecular weight excluding hydrogens is 240 g/mol. The Morgan fingerprint density at radius 3 is 2.44 bits per heavy atom. The SMILES string of the molecule is [O-][P+](=CCc1ccccc1)OCC(F)(F)F. The second kappa shape index (κ2) is 5.99. The van der Waals surface area contributed by atoms with Crippen LogP contribution in [-0.4, -0.2) is 18.6 Å². The normalized spacial score (nSPS) is 12.9. The third-order valence-corrected chi connectivity index (χ3v) is 2.54. The Morgan fingerprint density at radius 1 is 1.25 bits per heavy atom. The minimum absolute atomic E-state index is 0.327. The lowest BCUT2D eigenvalue weighted by molar-refractivity contribution is -0.195. The first kappa shape index (κ1) is 13.2. The minimum atomic E-state index is -4.44. The Balaban J connectivity index is 2.40. The van der Waals surface area contributed by atoms with Crippen molar-refractivity contribution < 1.29 is 22.6 Å². The largest absolute Gasteiger partial charge is 0.603 e. The van der Waals surface area contributed by atoms with Crippen molar-refractivity contribution in [3.05, 3.63) is 35.9 Å². The lowest BCUT2D eigenvalue weighted by Crippen LogP contribution is -2.16. The van der Waals surface area contributed by atoms with Gasteiger partial charge in [-0.1, -0.05) is 30.3 Å². The Hall–Kier alpha value is -0.900. The summed E-state index contributed by atoms with van der Waals surface area (Å²) in [5, 5.41) is 0. The van der Waals surface area contributed by atoms with Crippen molar-refractivity contribution in [2.24, 2.45) is 0 Å². The molecule has 0 saturated heterocycles. The lowest BCUT2D eigenvalue weighted by atomic mass is 10.2. The molecule has 0 bridgehead atoms. The van der Waals surface area contributed by atoms with Gasteiger partial charge in [0.2, 0.25) is 8.00 Å². The fourth-order valence-corrected chi connectivity index (χ4v) is 1.72. The highest BCUT2D eigenvalue weighted by atomic mass is 31.1. The summed E-state index contributed by atoms with van der Waals surface area (Å²) in [4.78, 5) is 11.0. The summed E-state index contributed by atoms with van der Waals surface area (Å²) in [7, 11) is -2.36. The summed E-state index contributed by atoms with van der Waals surface area (Å²) >= 11 is 0. The zero-order valence-electron chi connectivity index (χ0n) is 8.28. The first-order chi connectivity index (χ1) is 7.47. The Morgan fingerprint density at radius 2 is 1.88 bits per heavy atom. The molecule has 1 atom stereocenters. The molecule has 0 heterocycles. The number of rotatable bonds is 4. The van der Waals surface area contributed by atoms with Crippen molar-refractivity contribution in [2.75, 3.05) is 6.61 Å². The summed E-state index contributed by atoms with van der Waals surface area (Å²) in [6, 6.07) is 9.01. The molecule has 0 N–H and O–H groups in total. The van der Waals surface area contributed by atoms with Crippen molar-refractivity contribution in [1.82, 2.24) is 0 Å². The molecule has 0 aromatic heterocycles. The zero-order valence-corrected chi connectivity index (χ0v) is 9.17. The molecule has 0 spiro atoms. The third-order valence-electron chi connectivity index (χ3n) is 1.67. The number of benzene rings is 1. The maximum Gasteiger partial charge on any atom is 0.416 e. The monoisotopic (exact) mass is 250 g/mol. The highest BCUT2D eigenvalue weighted by Gasteiger charge is 2.29. The van der Waals surface area contributed by atoms with Gasteiger partial charge >= 0.3 is 6.18 Å². The van der Waals surface area contributed by atoms with Crippen LogP contribution < -0.4 is 4.89 Å². The van der Waals surface area contributed by atoms with Gasteiger partial charge in [0.1, 0.15) is 5.80 Å². The quantitative estimate of drug-likeness (QED) is 0.768. The molecule has 0 amide bonds. The van der Waals surface area contributed by atoms with Crippen molar-refractivity contribution in [3.8, 4) is 0 Å². The molecule has 16 heavy (non-hydrogen) atoms. The fraction of sp³-hybridized carbons (Fsp3) is 0.300. The maximum absolute atomic E-state index is 11.7. The van der Waals surface area contributed by atoms with Gasteiger partial charge in [-0.3, -0.25) is 0 Å². The molecule has 0 radical (unpaired) electrons. The van der Waals surface area contributed by atoms with Crippen molar-refractivity contribution >= 4 is 13.8 Å². The van der Waals surface area contributed by atoms with Crippen LogP contribution in [0.4, 0.5) is 13.2 Å². The van der Waals surface area contributed by atoms with Gasteiger partial charge in [0, 0.05) is 6.42 Å². The summed E-state index contributed by atoms with van der Waals surface area (Å²) in [5.74, 6) is 1.23. The Bertz CT molecular complexity index is 349. The molecule has 0 aliphatic carbocycles. The first-order valence-electron chi connectivity index (χ1n) is 4.51. The van der Waals surface area contributed by atoms with Crippen molar-refractivity contribution in [2.45, 2.75) is 12.6 Å². The van der Waals surface area contributed by atoms with Gasteiger partial charge in [0.05, 0.1) is 0 Å². The predicted molar refractivity (Wildman–Crippen MR) is 55.1 cm³/mol. The van der Waals surface area contributed by atoms with E-state index in [4.69, 9.17) is 0 Å². The predicted octanol–water partition coefficient (Wildman–Crippen LogP) is 2.28. The van der Waals surface area contributed by atoms with Gasteiger partial charge in [0.15, 0.2) is 6.61 Å². The second-order valence-corrected chi connectivity index (χ2v) is 4.24. The van der Waals surface area contributed by atoms with Crippen LogP contribution in [0.5, 0.6) is 0 Å². The average molecular weight is 250 g/mol. The Labute approximate surface area is 92.2 Å². The van der Waals surface area contributed by atoms with Gasteiger partial charge in [-0.15, -0.1) is 0 Å². The van der Waals surface area contributed by atoms with Crippen LogP contribution >= 0.6 is 8.00 Å². The molecule has 2 nitrogen and oxygen atoms in total. The van der Waals surface area contributed by atoms with E-state index in [-0.39, 0.29) is 0 Å². The average Bonchev–Trinajstić information content (AvgIpc) is 2.24. The summed E-state index contributed by atoms with van der Waals surface area (Å²) in [6.45, 7) is -1.48. The van der Waals surface area contributed by atoms with E-state index in [2.05, 4.69) is 4.52 Å². The highest BCUT2D eigenvalue weighted by Crippen LogP contribution is 2.21. The summed E-state index contributed by atoms with van der Waals surface area (Å²) < 4.78 is 39.3. The van der Waals surface area contributed by atoms with E-state index >= 15 is 0 Å². The minimum Gasteiger partial charge on any atom is -0.603 e. The van der Waals surface area contributed by atoms with Gasteiger partial charge < -0.3 is 4.89 Å². The van der Waals surface area contributed by atoms with Crippen LogP contribution in [0, 0.1) is 0 Å². The molecule has 1 rings (SSSR count). The van der Waals surface area contributed by atoms with Gasteiger partial charge in [-0.05, 0) is 5.56 Å². The topological polar surface area (TPSA) is 32.3 Å². The Kier molecular flexibility index (Phi) is 4.93. The maximum atomic E-state index is 11.7. The summed E-state index contributed by atoms with van der Waals surface area (Å²) in [5.41, 5.74) is 0.876. The van der Waals surface area contributed by atoms with Crippen LogP contribution in [0.1, 0.15) is 5.56 Å². The standard InChI is InChI=1S/C10H10F3O2P/c11-10(12,13)8-15-16(14)7-6-9-4-2-1-3-5-9/h1-5,7H,6,8H2. The van der Waals surface area contributed by atoms with Gasteiger partial charge in [-0.2, -0.15) is 17.7 Å². The van der Waals surface area contributed by atoms with E-state index in [9.17, 15) is 18.1 Å². The van der Waals surface area contributed by atoms with Crippen LogP contribution in [0.3, 0.4) is 0 Å². The third kappa shape index (κ3) is 5.85. The van der Waals surface area contributed by atoms with Gasteiger partial charge in [0.25, 0.3) is 0 Å². The molecule has 1 unspecified atom stereocenters. The molecule has 0 aliphatic heterocycles. The lowest BCUT2D eigenvalue weighted by Gasteiger charge is -2.03. The van der Waals surface area contributed by atoms with E-state index in [1.54, 1.807) is 24.3 Å². The van der Waals surface area contributed by atoms with Crippen molar-refractivity contribution in [3.63, 3.8) is 0 Å². The molecule has 0 saturated carbocycles. The fourth-order valence-electron chi connectivity index (χ4n) is 0.984. The molecule has 0 aliphatic rings. The molecule has 1 aromatic rings. The van der Waals surface area contributed by atoms with E-state index in [1.807, 2.05) is 6.07 Å². The number of halogens is 3. The van der Waals surface area contributed by atoms with Crippen LogP contribution in [0.25, 0.3) is 0 Å². The van der Waals surface area contributed by atoms with E-state index in [0.29, 0.717) is 6.42 Å². The van der Waals surface area contributed by atoms with E-state index < -0.39 is 20.8 Å². The van der Waals surface area contributed by atoms with E-state index in [0.717, 1.165) is 5.56 Å². The highest BCUT2D eigenvalue weighted by molar-refractivity contribution is 7.44. The molecule has 0 fully saturated rings. The zero-order chi connectivity index (χ0) is 12.0. The molecule has 6 heteroatoms. The number of hydrogen-bond acceptors (Lipinski definition) is 2. The van der Waals surface area contributed by atoms with Gasteiger partial charge in [-0.25, -0.2) is 0 Å². The van der Waals surface area contributed by atoms with Crippen LogP contribution in [0.2, 0.25) is 0 Å². The van der Waals surface area contributed by atoms with Crippen molar-refractivity contribution in [1.29, 1.82) is 0 Å².